The van der Waals surface area contributed by atoms with E-state index in [1.165, 1.54) is 20.9 Å². The molecule has 2 N–H and O–H groups in total. The Morgan fingerprint density at radius 2 is 2.00 bits per heavy atom. The maximum absolute atomic E-state index is 10.5. The van der Waals surface area contributed by atoms with Gasteiger partial charge in [-0.1, -0.05) is 0 Å². The number of nitrogens with one attached hydrogen (secondary N) is 1. The minimum Gasteiger partial charge on any atom is -0.480 e. The summed E-state index contributed by atoms with van der Waals surface area (Å²) < 4.78 is 4.68. The molecular formula is C7H13NO4. The molecule has 2 atom stereocenters. The van der Waals surface area contributed by atoms with Crippen LogP contribution in [0.5, 0.6) is 0 Å². The predicted octanol–water partition coefficient (Wildman–Crippen LogP) is -0.389. The van der Waals surface area contributed by atoms with Gasteiger partial charge in [-0.3, -0.25) is 9.59 Å². The van der Waals surface area contributed by atoms with Gasteiger partial charge in [0.05, 0.1) is 0 Å². The Hall–Kier alpha value is -1.10. The number of rotatable bonds is 4. The first-order valence-corrected chi connectivity index (χ1v) is 3.56. The first-order chi connectivity index (χ1) is 5.49. The van der Waals surface area contributed by atoms with Crippen molar-refractivity contribution < 1.29 is 19.4 Å². The number of carboxylic acids is 1. The van der Waals surface area contributed by atoms with Gasteiger partial charge in [0.2, 0.25) is 0 Å². The number of likely N-dealkylation sites (N-methyl/N-ethyl adjacent to an activating group) is 1. The molecule has 0 spiro atoms. The lowest BCUT2D eigenvalue weighted by Crippen LogP contribution is -2.44. The predicted molar refractivity (Wildman–Crippen MR) is 41.7 cm³/mol. The topological polar surface area (TPSA) is 75.6 Å². The quantitative estimate of drug-likeness (QED) is 0.569. The molecule has 0 aromatic heterocycles. The third-order valence-corrected chi connectivity index (χ3v) is 1.40. The van der Waals surface area contributed by atoms with Crippen LogP contribution in [0.2, 0.25) is 0 Å². The summed E-state index contributed by atoms with van der Waals surface area (Å²) in [5.74, 6) is -1.52. The van der Waals surface area contributed by atoms with E-state index in [-0.39, 0.29) is 0 Å². The minimum absolute atomic E-state index is 0.482. The van der Waals surface area contributed by atoms with Gasteiger partial charge in [-0.15, -0.1) is 0 Å². The van der Waals surface area contributed by atoms with Crippen LogP contribution in [0.1, 0.15) is 13.8 Å². The first-order valence-electron chi connectivity index (χ1n) is 3.56. The van der Waals surface area contributed by atoms with Gasteiger partial charge in [-0.25, -0.2) is 0 Å². The second-order valence-corrected chi connectivity index (χ2v) is 2.42. The normalized spacial score (nSPS) is 14.9. The summed E-state index contributed by atoms with van der Waals surface area (Å²) in [5, 5.41) is 11.1. The largest absolute Gasteiger partial charge is 0.480 e. The lowest BCUT2D eigenvalue weighted by molar-refractivity contribution is -0.152. The fourth-order valence-corrected chi connectivity index (χ4v) is 0.889. The average molecular weight is 175 g/mol. The number of hydrogen-bond acceptors (Lipinski definition) is 4. The molecule has 0 unspecified atom stereocenters. The second-order valence-electron chi connectivity index (χ2n) is 2.42. The Labute approximate surface area is 70.7 Å². The van der Waals surface area contributed by atoms with Crippen LogP contribution in [0.3, 0.4) is 0 Å². The summed E-state index contributed by atoms with van der Waals surface area (Å²) in [4.78, 5) is 21.0. The van der Waals surface area contributed by atoms with Crippen LogP contribution in [-0.4, -0.2) is 36.2 Å². The Kier molecular flexibility index (Phi) is 4.28. The highest BCUT2D eigenvalue weighted by molar-refractivity contribution is 5.75. The molecule has 0 amide bonds. The number of carbonyl (C=O) groups excluding carboxylic acids is 1. The minimum atomic E-state index is -1.04. The molecule has 5 nitrogen and oxygen atoms in total. The fourth-order valence-electron chi connectivity index (χ4n) is 0.889. The zero-order valence-corrected chi connectivity index (χ0v) is 7.33. The number of esters is 1. The monoisotopic (exact) mass is 175 g/mol. The average Bonchev–Trinajstić information content (AvgIpc) is 1.85. The molecule has 0 heterocycles. The summed E-state index contributed by atoms with van der Waals surface area (Å²) >= 11 is 0. The van der Waals surface area contributed by atoms with Crippen molar-refractivity contribution in [2.75, 3.05) is 7.05 Å². The smallest absolute Gasteiger partial charge is 0.324 e. The van der Waals surface area contributed by atoms with Gasteiger partial charge in [-0.05, 0) is 14.0 Å². The molecule has 0 saturated carbocycles. The van der Waals surface area contributed by atoms with Crippen molar-refractivity contribution in [3.05, 3.63) is 0 Å². The molecule has 0 aliphatic carbocycles. The van der Waals surface area contributed by atoms with Crippen molar-refractivity contribution in [1.82, 2.24) is 5.32 Å². The highest BCUT2D eigenvalue weighted by Crippen LogP contribution is 1.98. The number of hydrogen-bond donors (Lipinski definition) is 2. The molecule has 70 valence electrons. The van der Waals surface area contributed by atoms with Crippen molar-refractivity contribution in [3.63, 3.8) is 0 Å². The van der Waals surface area contributed by atoms with Gasteiger partial charge >= 0.3 is 11.9 Å². The van der Waals surface area contributed by atoms with E-state index in [1.54, 1.807) is 0 Å². The van der Waals surface area contributed by atoms with Crippen LogP contribution < -0.4 is 5.32 Å². The van der Waals surface area contributed by atoms with Crippen LogP contribution in [0, 0.1) is 0 Å². The van der Waals surface area contributed by atoms with Gasteiger partial charge in [0.15, 0.2) is 0 Å². The van der Waals surface area contributed by atoms with E-state index in [9.17, 15) is 9.59 Å². The zero-order chi connectivity index (χ0) is 9.72. The molecule has 0 aromatic carbocycles. The molecule has 0 aliphatic rings. The summed E-state index contributed by atoms with van der Waals surface area (Å²) in [5.41, 5.74) is 0. The number of ether oxygens (including phenoxy) is 1. The van der Waals surface area contributed by atoms with Gasteiger partial charge in [0.1, 0.15) is 12.1 Å². The summed E-state index contributed by atoms with van der Waals surface area (Å²) in [6.07, 6.45) is -0.662. The third kappa shape index (κ3) is 3.34. The molecule has 0 saturated heterocycles. The summed E-state index contributed by atoms with van der Waals surface area (Å²) in [6.45, 7) is 2.77. The van der Waals surface area contributed by atoms with Crippen molar-refractivity contribution in [3.8, 4) is 0 Å². The van der Waals surface area contributed by atoms with Crippen LogP contribution in [-0.2, 0) is 14.3 Å². The van der Waals surface area contributed by atoms with Crippen LogP contribution in [0.15, 0.2) is 0 Å². The lowest BCUT2D eigenvalue weighted by atomic mass is 10.2. The number of carboxylic acid groups (broad SMARTS) is 1. The van der Waals surface area contributed by atoms with Gasteiger partial charge in [-0.2, -0.15) is 0 Å². The standard InChI is InChI=1S/C7H13NO4/c1-4(12-5(2)9)6(8-3)7(10)11/h4,6,8H,1-3H3,(H,10,11)/t4-,6-/m1/s1. The molecular weight excluding hydrogens is 162 g/mol. The molecule has 0 aliphatic heterocycles. The van der Waals surface area contributed by atoms with E-state index in [2.05, 4.69) is 10.1 Å². The Bertz CT molecular complexity index is 180. The van der Waals surface area contributed by atoms with Gasteiger partial charge < -0.3 is 15.2 Å². The molecule has 0 fully saturated rings. The van der Waals surface area contributed by atoms with E-state index in [0.29, 0.717) is 0 Å². The van der Waals surface area contributed by atoms with Crippen molar-refractivity contribution in [2.24, 2.45) is 0 Å². The van der Waals surface area contributed by atoms with Gasteiger partial charge in [0.25, 0.3) is 0 Å². The maximum Gasteiger partial charge on any atom is 0.324 e. The van der Waals surface area contributed by atoms with E-state index in [0.717, 1.165) is 0 Å². The SMILES string of the molecule is CN[C@@H](C(=O)O)[C@@H](C)OC(C)=O. The number of aliphatic carboxylic acids is 1. The molecule has 0 aromatic rings. The van der Waals surface area contributed by atoms with E-state index >= 15 is 0 Å². The summed E-state index contributed by atoms with van der Waals surface area (Å²) in [6, 6.07) is -0.853. The van der Waals surface area contributed by atoms with Crippen molar-refractivity contribution >= 4 is 11.9 Å². The molecule has 12 heavy (non-hydrogen) atoms. The highest BCUT2D eigenvalue weighted by atomic mass is 16.5. The highest BCUT2D eigenvalue weighted by Gasteiger charge is 2.24. The van der Waals surface area contributed by atoms with Gasteiger partial charge in [0, 0.05) is 6.92 Å². The maximum atomic E-state index is 10.5. The lowest BCUT2D eigenvalue weighted by Gasteiger charge is -2.18. The first kappa shape index (κ1) is 10.9. The second kappa shape index (κ2) is 4.71. The van der Waals surface area contributed by atoms with E-state index < -0.39 is 24.1 Å². The van der Waals surface area contributed by atoms with Crippen LogP contribution in [0.25, 0.3) is 0 Å². The molecule has 0 bridgehead atoms. The van der Waals surface area contributed by atoms with Crippen LogP contribution in [0.4, 0.5) is 0 Å². The summed E-state index contributed by atoms with van der Waals surface area (Å²) in [7, 11) is 1.50. The number of carbonyl (C=O) groups is 2. The Morgan fingerprint density at radius 1 is 1.50 bits per heavy atom. The van der Waals surface area contributed by atoms with Crippen LogP contribution >= 0.6 is 0 Å². The Morgan fingerprint density at radius 3 is 2.25 bits per heavy atom. The van der Waals surface area contributed by atoms with E-state index in [4.69, 9.17) is 5.11 Å². The molecule has 0 rings (SSSR count). The fraction of sp³-hybridized carbons (Fsp3) is 0.714. The van der Waals surface area contributed by atoms with E-state index in [1.807, 2.05) is 0 Å². The van der Waals surface area contributed by atoms with Crippen molar-refractivity contribution in [2.45, 2.75) is 26.0 Å². The molecule has 0 radical (unpaired) electrons. The Balaban J connectivity index is 4.11. The molecule has 5 heteroatoms. The third-order valence-electron chi connectivity index (χ3n) is 1.40. The van der Waals surface area contributed by atoms with Crippen molar-refractivity contribution in [1.29, 1.82) is 0 Å². The zero-order valence-electron chi connectivity index (χ0n) is 7.33.